The third-order valence-corrected chi connectivity index (χ3v) is 2.32. The summed E-state index contributed by atoms with van der Waals surface area (Å²) >= 11 is 0. The molecule has 0 aliphatic carbocycles. The maximum atomic E-state index is 11.8. The SMILES string of the molecule is CC(C)OC(=O)N(CCN)N1CCNCC1. The van der Waals surface area contributed by atoms with Gasteiger partial charge in [0.1, 0.15) is 0 Å². The quantitative estimate of drug-likeness (QED) is 0.688. The number of hydrogen-bond donors (Lipinski definition) is 2. The van der Waals surface area contributed by atoms with Crippen molar-refractivity contribution >= 4 is 6.09 Å². The summed E-state index contributed by atoms with van der Waals surface area (Å²) in [5.74, 6) is 0. The Bertz CT molecular complexity index is 217. The zero-order valence-electron chi connectivity index (χ0n) is 10.1. The van der Waals surface area contributed by atoms with Crippen molar-refractivity contribution in [3.05, 3.63) is 0 Å². The molecule has 0 aromatic heterocycles. The molecule has 0 unspecified atom stereocenters. The Labute approximate surface area is 96.7 Å². The molecule has 1 aliphatic heterocycles. The van der Waals surface area contributed by atoms with Crippen LogP contribution < -0.4 is 11.1 Å². The maximum absolute atomic E-state index is 11.8. The summed E-state index contributed by atoms with van der Waals surface area (Å²) in [6.07, 6.45) is -0.405. The standard InChI is InChI=1S/C10H22N4O2/c1-9(2)16-10(15)14(6-3-11)13-7-4-12-5-8-13/h9,12H,3-8,11H2,1-2H3. The summed E-state index contributed by atoms with van der Waals surface area (Å²) in [5, 5.41) is 6.85. The minimum absolute atomic E-state index is 0.101. The van der Waals surface area contributed by atoms with Gasteiger partial charge in [-0.1, -0.05) is 0 Å². The molecule has 0 spiro atoms. The molecule has 94 valence electrons. The fourth-order valence-corrected chi connectivity index (χ4v) is 1.63. The van der Waals surface area contributed by atoms with Gasteiger partial charge in [0.25, 0.3) is 0 Å². The fraction of sp³-hybridized carbons (Fsp3) is 0.900. The molecule has 16 heavy (non-hydrogen) atoms. The minimum Gasteiger partial charge on any atom is -0.446 e. The van der Waals surface area contributed by atoms with Gasteiger partial charge in [0.2, 0.25) is 0 Å². The number of nitrogens with one attached hydrogen (secondary N) is 1. The first-order valence-electron chi connectivity index (χ1n) is 5.79. The smallest absolute Gasteiger partial charge is 0.424 e. The molecule has 0 saturated carbocycles. The van der Waals surface area contributed by atoms with Gasteiger partial charge in [-0.15, -0.1) is 0 Å². The monoisotopic (exact) mass is 230 g/mol. The second-order valence-electron chi connectivity index (χ2n) is 4.05. The number of nitrogens with zero attached hydrogens (tertiary/aromatic N) is 2. The number of amides is 1. The van der Waals surface area contributed by atoms with Crippen molar-refractivity contribution < 1.29 is 9.53 Å². The van der Waals surface area contributed by atoms with Crippen molar-refractivity contribution in [3.63, 3.8) is 0 Å². The Kier molecular flexibility index (Phi) is 5.51. The number of piperazine rings is 1. The van der Waals surface area contributed by atoms with Gasteiger partial charge in [-0.3, -0.25) is 0 Å². The zero-order chi connectivity index (χ0) is 12.0. The molecule has 1 saturated heterocycles. The summed E-state index contributed by atoms with van der Waals surface area (Å²) in [5.41, 5.74) is 5.51. The van der Waals surface area contributed by atoms with E-state index >= 15 is 0 Å². The number of hydrogen-bond acceptors (Lipinski definition) is 5. The number of carbonyl (C=O) groups excluding carboxylic acids is 1. The minimum atomic E-state index is -0.303. The van der Waals surface area contributed by atoms with Gasteiger partial charge in [0.05, 0.1) is 12.6 Å². The van der Waals surface area contributed by atoms with Crippen LogP contribution in [0.1, 0.15) is 13.8 Å². The van der Waals surface area contributed by atoms with E-state index in [0.717, 1.165) is 26.2 Å². The van der Waals surface area contributed by atoms with Crippen LogP contribution in [0.25, 0.3) is 0 Å². The predicted molar refractivity (Wildman–Crippen MR) is 61.8 cm³/mol. The van der Waals surface area contributed by atoms with Gasteiger partial charge in [-0.05, 0) is 13.8 Å². The van der Waals surface area contributed by atoms with E-state index in [1.165, 1.54) is 0 Å². The second kappa shape index (κ2) is 6.67. The van der Waals surface area contributed by atoms with Gasteiger partial charge < -0.3 is 15.8 Å². The molecule has 1 amide bonds. The molecule has 0 aromatic carbocycles. The maximum Gasteiger partial charge on any atom is 0.424 e. The Balaban J connectivity index is 2.53. The number of ether oxygens (including phenoxy) is 1. The molecule has 0 radical (unpaired) electrons. The van der Waals surface area contributed by atoms with E-state index in [1.54, 1.807) is 5.01 Å². The molecule has 1 heterocycles. The number of nitrogens with two attached hydrogens (primary N) is 1. The van der Waals surface area contributed by atoms with Gasteiger partial charge in [0.15, 0.2) is 0 Å². The highest BCUT2D eigenvalue weighted by molar-refractivity contribution is 5.67. The first kappa shape index (κ1) is 13.2. The fourth-order valence-electron chi connectivity index (χ4n) is 1.63. The summed E-state index contributed by atoms with van der Waals surface area (Å²) in [6, 6.07) is 0. The van der Waals surface area contributed by atoms with E-state index < -0.39 is 0 Å². The normalized spacial score (nSPS) is 17.5. The first-order chi connectivity index (χ1) is 7.65. The molecule has 6 heteroatoms. The van der Waals surface area contributed by atoms with E-state index in [-0.39, 0.29) is 12.2 Å². The molecule has 1 fully saturated rings. The van der Waals surface area contributed by atoms with Crippen LogP contribution in [0.4, 0.5) is 4.79 Å². The van der Waals surface area contributed by atoms with E-state index in [1.807, 2.05) is 18.9 Å². The molecule has 1 aliphatic rings. The number of rotatable bonds is 4. The Morgan fingerprint density at radius 3 is 2.62 bits per heavy atom. The van der Waals surface area contributed by atoms with Crippen LogP contribution in [0.3, 0.4) is 0 Å². The van der Waals surface area contributed by atoms with E-state index in [9.17, 15) is 4.79 Å². The molecular weight excluding hydrogens is 208 g/mol. The van der Waals surface area contributed by atoms with Crippen molar-refractivity contribution in [2.24, 2.45) is 5.73 Å². The average molecular weight is 230 g/mol. The molecule has 0 bridgehead atoms. The van der Waals surface area contributed by atoms with Gasteiger partial charge in [-0.25, -0.2) is 14.8 Å². The number of hydrazine groups is 1. The van der Waals surface area contributed by atoms with Crippen molar-refractivity contribution in [3.8, 4) is 0 Å². The number of carbonyl (C=O) groups is 1. The van der Waals surface area contributed by atoms with Crippen molar-refractivity contribution in [1.29, 1.82) is 0 Å². The molecule has 3 N–H and O–H groups in total. The first-order valence-corrected chi connectivity index (χ1v) is 5.79. The van der Waals surface area contributed by atoms with Crippen LogP contribution in [0.15, 0.2) is 0 Å². The Morgan fingerprint density at radius 1 is 1.50 bits per heavy atom. The third-order valence-electron chi connectivity index (χ3n) is 2.32. The lowest BCUT2D eigenvalue weighted by atomic mass is 10.4. The molecule has 6 nitrogen and oxygen atoms in total. The van der Waals surface area contributed by atoms with Crippen LogP contribution >= 0.6 is 0 Å². The average Bonchev–Trinajstić information content (AvgIpc) is 2.26. The van der Waals surface area contributed by atoms with Crippen LogP contribution in [0.5, 0.6) is 0 Å². The Hall–Kier alpha value is -0.850. The molecule has 0 atom stereocenters. The van der Waals surface area contributed by atoms with Crippen LogP contribution in [0, 0.1) is 0 Å². The van der Waals surface area contributed by atoms with Gasteiger partial charge >= 0.3 is 6.09 Å². The summed E-state index contributed by atoms with van der Waals surface area (Å²) < 4.78 is 5.19. The van der Waals surface area contributed by atoms with Crippen LogP contribution in [-0.2, 0) is 4.74 Å². The highest BCUT2D eigenvalue weighted by Gasteiger charge is 2.24. The van der Waals surface area contributed by atoms with Crippen LogP contribution in [0.2, 0.25) is 0 Å². The van der Waals surface area contributed by atoms with Crippen molar-refractivity contribution in [1.82, 2.24) is 15.3 Å². The van der Waals surface area contributed by atoms with E-state index in [4.69, 9.17) is 10.5 Å². The van der Waals surface area contributed by atoms with Gasteiger partial charge in [-0.2, -0.15) is 0 Å². The molecule has 0 aromatic rings. The summed E-state index contributed by atoms with van der Waals surface area (Å²) in [6.45, 7) is 8.03. The second-order valence-corrected chi connectivity index (χ2v) is 4.05. The summed E-state index contributed by atoms with van der Waals surface area (Å²) in [4.78, 5) is 11.8. The van der Waals surface area contributed by atoms with Crippen molar-refractivity contribution in [2.75, 3.05) is 39.3 Å². The third kappa shape index (κ3) is 3.96. The lowest BCUT2D eigenvalue weighted by molar-refractivity contribution is -0.0358. The molecular formula is C10H22N4O2. The topological polar surface area (TPSA) is 70.8 Å². The predicted octanol–water partition coefficient (Wildman–Crippen LogP) is -0.388. The highest BCUT2D eigenvalue weighted by Crippen LogP contribution is 2.04. The van der Waals surface area contributed by atoms with Crippen molar-refractivity contribution in [2.45, 2.75) is 20.0 Å². The Morgan fingerprint density at radius 2 is 2.12 bits per heavy atom. The molecule has 1 rings (SSSR count). The van der Waals surface area contributed by atoms with E-state index in [2.05, 4.69) is 5.32 Å². The van der Waals surface area contributed by atoms with Gasteiger partial charge in [0, 0.05) is 32.7 Å². The van der Waals surface area contributed by atoms with Crippen LogP contribution in [-0.4, -0.2) is 61.5 Å². The zero-order valence-corrected chi connectivity index (χ0v) is 10.1. The largest absolute Gasteiger partial charge is 0.446 e. The van der Waals surface area contributed by atoms with E-state index in [0.29, 0.717) is 13.1 Å². The highest BCUT2D eigenvalue weighted by atomic mass is 16.6. The summed E-state index contributed by atoms with van der Waals surface area (Å²) in [7, 11) is 0. The lowest BCUT2D eigenvalue weighted by Gasteiger charge is -2.36. The lowest BCUT2D eigenvalue weighted by Crippen LogP contribution is -2.56.